The Bertz CT molecular complexity index is 901. The van der Waals surface area contributed by atoms with Gasteiger partial charge in [0.25, 0.3) is 0 Å². The third-order valence-electron chi connectivity index (χ3n) is 3.95. The van der Waals surface area contributed by atoms with Crippen LogP contribution in [0.25, 0.3) is 0 Å². The molecule has 7 nitrogen and oxygen atoms in total. The molecule has 0 spiro atoms. The molecule has 28 heavy (non-hydrogen) atoms. The standard InChI is InChI=1S/C16H14ClF4N5O2/c17-9-5-8(1-2-10(9)18)13(24-14(27)12-6-22-15(28)23-12)11-3-4-26(25-11)7-16(19,20)21/h1-5,12-13H,6-7H2,(H,24,27)(H2,22,23,28)/t12-,13?/m0/s1. The van der Waals surface area contributed by atoms with Crippen molar-refractivity contribution in [3.8, 4) is 0 Å². The molecule has 1 aromatic carbocycles. The zero-order chi connectivity index (χ0) is 20.5. The number of alkyl halides is 3. The van der Waals surface area contributed by atoms with Gasteiger partial charge in [0.2, 0.25) is 5.91 Å². The number of carbonyl (C=O) groups excluding carboxylic acids is 2. The van der Waals surface area contributed by atoms with Crippen LogP contribution in [-0.4, -0.2) is 40.5 Å². The first-order valence-electron chi connectivity index (χ1n) is 8.02. The van der Waals surface area contributed by atoms with Gasteiger partial charge in [0, 0.05) is 12.7 Å². The van der Waals surface area contributed by atoms with Crippen molar-refractivity contribution in [2.45, 2.75) is 24.8 Å². The number of hydrogen-bond donors (Lipinski definition) is 3. The highest BCUT2D eigenvalue weighted by atomic mass is 35.5. The maximum absolute atomic E-state index is 13.5. The Kier molecular flexibility index (Phi) is 5.45. The van der Waals surface area contributed by atoms with Crippen LogP contribution in [-0.2, 0) is 11.3 Å². The summed E-state index contributed by atoms with van der Waals surface area (Å²) >= 11 is 5.79. The van der Waals surface area contributed by atoms with E-state index in [1.807, 2.05) is 0 Å². The number of urea groups is 1. The highest BCUT2D eigenvalue weighted by Crippen LogP contribution is 2.26. The third-order valence-corrected chi connectivity index (χ3v) is 4.24. The lowest BCUT2D eigenvalue weighted by Gasteiger charge is -2.20. The van der Waals surface area contributed by atoms with Crippen molar-refractivity contribution in [1.29, 1.82) is 0 Å². The molecule has 0 saturated carbocycles. The van der Waals surface area contributed by atoms with Gasteiger partial charge < -0.3 is 16.0 Å². The molecule has 3 amide bonds. The van der Waals surface area contributed by atoms with Gasteiger partial charge in [-0.2, -0.15) is 18.3 Å². The molecule has 0 bridgehead atoms. The molecule has 1 saturated heterocycles. The van der Waals surface area contributed by atoms with Gasteiger partial charge in [0.1, 0.15) is 18.4 Å². The van der Waals surface area contributed by atoms with Crippen LogP contribution in [0.3, 0.4) is 0 Å². The molecule has 2 atom stereocenters. The molecule has 0 radical (unpaired) electrons. The van der Waals surface area contributed by atoms with Crippen LogP contribution >= 0.6 is 11.6 Å². The van der Waals surface area contributed by atoms with E-state index < -0.39 is 42.6 Å². The van der Waals surface area contributed by atoms with Gasteiger partial charge in [0.15, 0.2) is 0 Å². The number of hydrogen-bond acceptors (Lipinski definition) is 3. The minimum atomic E-state index is -4.47. The Morgan fingerprint density at radius 1 is 1.39 bits per heavy atom. The molecule has 1 aliphatic rings. The molecule has 0 aliphatic carbocycles. The lowest BCUT2D eigenvalue weighted by atomic mass is 10.0. The zero-order valence-electron chi connectivity index (χ0n) is 14.1. The zero-order valence-corrected chi connectivity index (χ0v) is 14.8. The smallest absolute Gasteiger partial charge is 0.342 e. The molecule has 2 aromatic rings. The van der Waals surface area contributed by atoms with E-state index in [2.05, 4.69) is 21.0 Å². The predicted octanol–water partition coefficient (Wildman–Crippen LogP) is 2.12. The summed E-state index contributed by atoms with van der Waals surface area (Å²) in [5.41, 5.74) is 0.409. The molecule has 1 aliphatic heterocycles. The monoisotopic (exact) mass is 419 g/mol. The van der Waals surface area contributed by atoms with Gasteiger partial charge in [-0.3, -0.25) is 9.48 Å². The minimum Gasteiger partial charge on any atom is -0.342 e. The second kappa shape index (κ2) is 7.66. The molecular weight excluding hydrogens is 406 g/mol. The fourth-order valence-electron chi connectivity index (χ4n) is 2.68. The van der Waals surface area contributed by atoms with E-state index in [0.717, 1.165) is 12.3 Å². The van der Waals surface area contributed by atoms with Gasteiger partial charge in [-0.15, -0.1) is 0 Å². The first-order valence-corrected chi connectivity index (χ1v) is 8.40. The highest BCUT2D eigenvalue weighted by Gasteiger charge is 2.31. The van der Waals surface area contributed by atoms with Crippen LogP contribution in [0, 0.1) is 5.82 Å². The Morgan fingerprint density at radius 2 is 2.14 bits per heavy atom. The Morgan fingerprint density at radius 3 is 2.75 bits per heavy atom. The summed E-state index contributed by atoms with van der Waals surface area (Å²) in [4.78, 5) is 23.7. The SMILES string of the molecule is O=C1NC[C@@H](C(=O)NC(c2ccc(F)c(Cl)c2)c2ccn(CC(F)(F)F)n2)N1. The molecule has 1 fully saturated rings. The second-order valence-corrected chi connectivity index (χ2v) is 6.48. The first kappa shape index (κ1) is 19.9. The van der Waals surface area contributed by atoms with Crippen molar-refractivity contribution in [3.05, 3.63) is 52.6 Å². The number of benzene rings is 1. The van der Waals surface area contributed by atoms with E-state index in [4.69, 9.17) is 11.6 Å². The summed E-state index contributed by atoms with van der Waals surface area (Å²) < 4.78 is 51.9. The van der Waals surface area contributed by atoms with Crippen LogP contribution < -0.4 is 16.0 Å². The molecular formula is C16H14ClF4N5O2. The third kappa shape index (κ3) is 4.71. The highest BCUT2D eigenvalue weighted by molar-refractivity contribution is 6.30. The quantitative estimate of drug-likeness (QED) is 0.649. The van der Waals surface area contributed by atoms with Crippen molar-refractivity contribution in [3.63, 3.8) is 0 Å². The van der Waals surface area contributed by atoms with Gasteiger partial charge in [-0.05, 0) is 23.8 Å². The lowest BCUT2D eigenvalue weighted by Crippen LogP contribution is -2.44. The summed E-state index contributed by atoms with van der Waals surface area (Å²) in [7, 11) is 0. The molecule has 150 valence electrons. The number of nitrogens with one attached hydrogen (secondary N) is 3. The summed E-state index contributed by atoms with van der Waals surface area (Å²) in [5, 5.41) is 11.1. The van der Waals surface area contributed by atoms with E-state index in [-0.39, 0.29) is 17.3 Å². The van der Waals surface area contributed by atoms with Gasteiger partial charge >= 0.3 is 12.2 Å². The van der Waals surface area contributed by atoms with Crippen molar-refractivity contribution in [2.24, 2.45) is 0 Å². The number of halogens is 5. The van der Waals surface area contributed by atoms with Gasteiger partial charge in [-0.25, -0.2) is 9.18 Å². The largest absolute Gasteiger partial charge is 0.408 e. The van der Waals surface area contributed by atoms with Crippen LogP contribution in [0.4, 0.5) is 22.4 Å². The Balaban J connectivity index is 1.89. The minimum absolute atomic E-state index is 0.0457. The topological polar surface area (TPSA) is 88.1 Å². The normalized spacial score (nSPS) is 17.8. The van der Waals surface area contributed by atoms with E-state index >= 15 is 0 Å². The Hall–Kier alpha value is -2.82. The van der Waals surface area contributed by atoms with E-state index in [9.17, 15) is 27.2 Å². The average molecular weight is 420 g/mol. The molecule has 3 N–H and O–H groups in total. The lowest BCUT2D eigenvalue weighted by molar-refractivity contribution is -0.142. The number of carbonyl (C=O) groups is 2. The van der Waals surface area contributed by atoms with Gasteiger partial charge in [0.05, 0.1) is 16.8 Å². The number of nitrogens with zero attached hydrogens (tertiary/aromatic N) is 2. The van der Waals surface area contributed by atoms with Crippen molar-refractivity contribution < 1.29 is 27.2 Å². The fraction of sp³-hybridized carbons (Fsp3) is 0.312. The van der Waals surface area contributed by atoms with Gasteiger partial charge in [-0.1, -0.05) is 17.7 Å². The molecule has 3 rings (SSSR count). The molecule has 1 unspecified atom stereocenters. The summed E-state index contributed by atoms with van der Waals surface area (Å²) in [6, 6.07) is 2.56. The number of aromatic nitrogens is 2. The maximum Gasteiger partial charge on any atom is 0.408 e. The fourth-order valence-corrected chi connectivity index (χ4v) is 2.87. The number of amides is 3. The first-order chi connectivity index (χ1) is 13.1. The summed E-state index contributed by atoms with van der Waals surface area (Å²) in [6.07, 6.45) is -3.35. The Labute approximate surface area is 161 Å². The van der Waals surface area contributed by atoms with E-state index in [0.29, 0.717) is 10.2 Å². The van der Waals surface area contributed by atoms with Crippen LogP contribution in [0.15, 0.2) is 30.5 Å². The summed E-state index contributed by atoms with van der Waals surface area (Å²) in [6.45, 7) is -1.26. The van der Waals surface area contributed by atoms with Crippen LogP contribution in [0.1, 0.15) is 17.3 Å². The van der Waals surface area contributed by atoms with E-state index in [1.54, 1.807) is 0 Å². The summed E-state index contributed by atoms with van der Waals surface area (Å²) in [5.74, 6) is -1.28. The predicted molar refractivity (Wildman–Crippen MR) is 90.0 cm³/mol. The van der Waals surface area contributed by atoms with Crippen molar-refractivity contribution in [1.82, 2.24) is 25.7 Å². The van der Waals surface area contributed by atoms with Crippen molar-refractivity contribution in [2.75, 3.05) is 6.54 Å². The van der Waals surface area contributed by atoms with Crippen molar-refractivity contribution >= 4 is 23.5 Å². The maximum atomic E-state index is 13.5. The molecule has 2 heterocycles. The second-order valence-electron chi connectivity index (χ2n) is 6.08. The molecule has 12 heteroatoms. The van der Waals surface area contributed by atoms with E-state index in [1.165, 1.54) is 18.2 Å². The van der Waals surface area contributed by atoms with Crippen LogP contribution in [0.5, 0.6) is 0 Å². The average Bonchev–Trinajstić information content (AvgIpc) is 3.23. The van der Waals surface area contributed by atoms with Crippen LogP contribution in [0.2, 0.25) is 5.02 Å². The molecule has 1 aromatic heterocycles. The number of rotatable bonds is 5.